The van der Waals surface area contributed by atoms with Crippen molar-refractivity contribution in [3.05, 3.63) is 66.0 Å². The van der Waals surface area contributed by atoms with Crippen LogP contribution in [0.2, 0.25) is 0 Å². The van der Waals surface area contributed by atoms with E-state index in [1.54, 1.807) is 0 Å². The first-order chi connectivity index (χ1) is 13.7. The molecule has 1 atom stereocenters. The maximum absolute atomic E-state index is 13.1. The molecule has 0 bridgehead atoms. The zero-order chi connectivity index (χ0) is 19.6. The summed E-state index contributed by atoms with van der Waals surface area (Å²) < 4.78 is 5.45. The molecule has 1 fully saturated rings. The lowest BCUT2D eigenvalue weighted by Crippen LogP contribution is -2.47. The summed E-state index contributed by atoms with van der Waals surface area (Å²) in [4.78, 5) is 21.9. The number of hydrogen-bond donors (Lipinski definition) is 0. The molecular formula is C23H31N3O2. The Hall–Kier alpha value is -2.24. The number of benzene rings is 1. The second-order valence-corrected chi connectivity index (χ2v) is 7.44. The molecule has 1 amide bonds. The lowest BCUT2D eigenvalue weighted by molar-refractivity contribution is -0.134. The number of aromatic nitrogens is 1. The first-order valence-electron chi connectivity index (χ1n) is 10.3. The van der Waals surface area contributed by atoms with Crippen molar-refractivity contribution in [3.8, 4) is 0 Å². The maximum atomic E-state index is 13.1. The van der Waals surface area contributed by atoms with Crippen LogP contribution in [0.5, 0.6) is 0 Å². The fraction of sp³-hybridized carbons (Fsp3) is 0.478. The highest BCUT2D eigenvalue weighted by molar-refractivity contribution is 5.76. The van der Waals surface area contributed by atoms with Crippen LogP contribution in [0.1, 0.15) is 31.0 Å². The Morgan fingerprint density at radius 1 is 1.14 bits per heavy atom. The molecule has 0 saturated carbocycles. The second-order valence-electron chi connectivity index (χ2n) is 7.44. The van der Waals surface area contributed by atoms with E-state index >= 15 is 0 Å². The number of rotatable bonds is 9. The van der Waals surface area contributed by atoms with Gasteiger partial charge in [-0.25, -0.2) is 0 Å². The number of pyridine rings is 1. The molecule has 5 heteroatoms. The van der Waals surface area contributed by atoms with Crippen molar-refractivity contribution in [1.82, 2.24) is 14.8 Å². The average molecular weight is 382 g/mol. The minimum atomic E-state index is 0.167. The van der Waals surface area contributed by atoms with E-state index in [0.29, 0.717) is 13.0 Å². The third-order valence-electron chi connectivity index (χ3n) is 5.22. The van der Waals surface area contributed by atoms with E-state index in [0.717, 1.165) is 51.4 Å². The highest BCUT2D eigenvalue weighted by Gasteiger charge is 2.23. The number of aryl methyl sites for hydroxylation is 1. The summed E-state index contributed by atoms with van der Waals surface area (Å²) in [6.45, 7) is 7.16. The molecule has 1 aromatic carbocycles. The van der Waals surface area contributed by atoms with Crippen LogP contribution in [-0.4, -0.2) is 59.6 Å². The van der Waals surface area contributed by atoms with E-state index in [2.05, 4.69) is 28.9 Å². The Morgan fingerprint density at radius 2 is 1.89 bits per heavy atom. The molecule has 0 radical (unpaired) electrons. The summed E-state index contributed by atoms with van der Waals surface area (Å²) in [6, 6.07) is 16.4. The van der Waals surface area contributed by atoms with Crippen LogP contribution >= 0.6 is 0 Å². The molecule has 0 aliphatic carbocycles. The van der Waals surface area contributed by atoms with Gasteiger partial charge in [0.05, 0.1) is 13.2 Å². The Labute approximate surface area is 168 Å². The van der Waals surface area contributed by atoms with E-state index in [4.69, 9.17) is 4.74 Å². The standard InChI is InChI=1S/C23H31N3O2/c1-20(18-25-14-16-28-17-15-25)26(19-21-8-3-2-4-9-21)23(27)12-7-11-22-10-5-6-13-24-22/h2-6,8-10,13,20H,7,11-12,14-19H2,1H3. The molecule has 0 spiro atoms. The second kappa shape index (κ2) is 10.9. The normalized spacial score (nSPS) is 15.9. The molecule has 3 rings (SSSR count). The van der Waals surface area contributed by atoms with E-state index in [1.807, 2.05) is 47.5 Å². The fourth-order valence-corrected chi connectivity index (χ4v) is 3.64. The Balaban J connectivity index is 1.59. The van der Waals surface area contributed by atoms with Crippen molar-refractivity contribution >= 4 is 5.91 Å². The van der Waals surface area contributed by atoms with Gasteiger partial charge in [-0.3, -0.25) is 14.7 Å². The van der Waals surface area contributed by atoms with E-state index < -0.39 is 0 Å². The lowest BCUT2D eigenvalue weighted by atomic mass is 10.1. The largest absolute Gasteiger partial charge is 0.379 e. The van der Waals surface area contributed by atoms with Crippen LogP contribution in [0.4, 0.5) is 0 Å². The van der Waals surface area contributed by atoms with Gasteiger partial charge in [-0.15, -0.1) is 0 Å². The molecule has 2 heterocycles. The van der Waals surface area contributed by atoms with Gasteiger partial charge in [-0.2, -0.15) is 0 Å². The molecule has 1 aliphatic heterocycles. The molecule has 5 nitrogen and oxygen atoms in total. The Morgan fingerprint density at radius 3 is 2.61 bits per heavy atom. The number of amides is 1. The van der Waals surface area contributed by atoms with Crippen molar-refractivity contribution in [2.75, 3.05) is 32.8 Å². The zero-order valence-electron chi connectivity index (χ0n) is 16.8. The third kappa shape index (κ3) is 6.43. The van der Waals surface area contributed by atoms with Gasteiger partial charge in [-0.1, -0.05) is 36.4 Å². The molecule has 1 saturated heterocycles. The van der Waals surface area contributed by atoms with Crippen LogP contribution in [0.3, 0.4) is 0 Å². The van der Waals surface area contributed by atoms with E-state index in [-0.39, 0.29) is 11.9 Å². The molecule has 150 valence electrons. The van der Waals surface area contributed by atoms with Crippen LogP contribution in [0.25, 0.3) is 0 Å². The predicted molar refractivity (Wildman–Crippen MR) is 111 cm³/mol. The maximum Gasteiger partial charge on any atom is 0.223 e. The van der Waals surface area contributed by atoms with Crippen molar-refractivity contribution in [1.29, 1.82) is 0 Å². The summed E-state index contributed by atoms with van der Waals surface area (Å²) in [5.74, 6) is 0.223. The number of carbonyl (C=O) groups is 1. The van der Waals surface area contributed by atoms with Gasteiger partial charge < -0.3 is 9.64 Å². The Bertz CT molecular complexity index is 702. The third-order valence-corrected chi connectivity index (χ3v) is 5.22. The fourth-order valence-electron chi connectivity index (χ4n) is 3.64. The van der Waals surface area contributed by atoms with Gasteiger partial charge in [0, 0.05) is 50.5 Å². The van der Waals surface area contributed by atoms with Crippen molar-refractivity contribution < 1.29 is 9.53 Å². The number of hydrogen-bond acceptors (Lipinski definition) is 4. The average Bonchev–Trinajstić information content (AvgIpc) is 2.74. The highest BCUT2D eigenvalue weighted by Crippen LogP contribution is 2.14. The first kappa shape index (κ1) is 20.5. The Kier molecular flexibility index (Phi) is 8.00. The number of nitrogens with zero attached hydrogens (tertiary/aromatic N) is 3. The van der Waals surface area contributed by atoms with Gasteiger partial charge in [-0.05, 0) is 37.5 Å². The van der Waals surface area contributed by atoms with Crippen molar-refractivity contribution in [3.63, 3.8) is 0 Å². The van der Waals surface area contributed by atoms with Gasteiger partial charge in [0.25, 0.3) is 0 Å². The smallest absolute Gasteiger partial charge is 0.223 e. The molecule has 1 aliphatic rings. The van der Waals surface area contributed by atoms with E-state index in [9.17, 15) is 4.79 Å². The quantitative estimate of drug-likeness (QED) is 0.669. The summed E-state index contributed by atoms with van der Waals surface area (Å²) in [7, 11) is 0. The molecule has 1 aromatic heterocycles. The number of ether oxygens (including phenoxy) is 1. The van der Waals surface area contributed by atoms with Crippen molar-refractivity contribution in [2.45, 2.75) is 38.8 Å². The monoisotopic (exact) mass is 381 g/mol. The van der Waals surface area contributed by atoms with Crippen LogP contribution in [0, 0.1) is 0 Å². The summed E-state index contributed by atoms with van der Waals surface area (Å²) in [5, 5.41) is 0. The summed E-state index contributed by atoms with van der Waals surface area (Å²) >= 11 is 0. The summed E-state index contributed by atoms with van der Waals surface area (Å²) in [6.07, 6.45) is 4.02. The number of morpholine rings is 1. The summed E-state index contributed by atoms with van der Waals surface area (Å²) in [5.41, 5.74) is 2.22. The van der Waals surface area contributed by atoms with Gasteiger partial charge in [0.2, 0.25) is 5.91 Å². The molecule has 0 N–H and O–H groups in total. The predicted octanol–water partition coefficient (Wildman–Crippen LogP) is 3.15. The minimum Gasteiger partial charge on any atom is -0.379 e. The lowest BCUT2D eigenvalue weighted by Gasteiger charge is -2.35. The molecule has 2 aromatic rings. The molecule has 28 heavy (non-hydrogen) atoms. The van der Waals surface area contributed by atoms with Crippen LogP contribution in [0.15, 0.2) is 54.7 Å². The first-order valence-corrected chi connectivity index (χ1v) is 10.3. The SMILES string of the molecule is CC(CN1CCOCC1)N(Cc1ccccc1)C(=O)CCCc1ccccn1. The van der Waals surface area contributed by atoms with E-state index in [1.165, 1.54) is 5.56 Å². The zero-order valence-corrected chi connectivity index (χ0v) is 16.8. The van der Waals surface area contributed by atoms with Crippen molar-refractivity contribution in [2.24, 2.45) is 0 Å². The molecule has 1 unspecified atom stereocenters. The minimum absolute atomic E-state index is 0.167. The van der Waals surface area contributed by atoms with Gasteiger partial charge >= 0.3 is 0 Å². The van der Waals surface area contributed by atoms with Gasteiger partial charge in [0.1, 0.15) is 0 Å². The van der Waals surface area contributed by atoms with Gasteiger partial charge in [0.15, 0.2) is 0 Å². The number of carbonyl (C=O) groups excluding carboxylic acids is 1. The highest BCUT2D eigenvalue weighted by atomic mass is 16.5. The van der Waals surface area contributed by atoms with Crippen LogP contribution < -0.4 is 0 Å². The molecular weight excluding hydrogens is 350 g/mol. The topological polar surface area (TPSA) is 45.7 Å². The van der Waals surface area contributed by atoms with Crippen LogP contribution in [-0.2, 0) is 22.5 Å².